The third-order valence-electron chi connectivity index (χ3n) is 5.26. The van der Waals surface area contributed by atoms with E-state index in [-0.39, 0.29) is 24.0 Å². The molecule has 7 heteroatoms. The number of hydrogen-bond donors (Lipinski definition) is 1. The van der Waals surface area contributed by atoms with Gasteiger partial charge in [-0.3, -0.25) is 19.8 Å². The molecule has 0 radical (unpaired) electrons. The van der Waals surface area contributed by atoms with Gasteiger partial charge in [0.05, 0.1) is 6.54 Å². The van der Waals surface area contributed by atoms with E-state index in [0.717, 1.165) is 28.1 Å². The van der Waals surface area contributed by atoms with Crippen LogP contribution in [0.15, 0.2) is 60.3 Å². The van der Waals surface area contributed by atoms with E-state index in [1.54, 1.807) is 18.2 Å². The maximum absolute atomic E-state index is 13.6. The Morgan fingerprint density at radius 1 is 1.14 bits per heavy atom. The Kier molecular flexibility index (Phi) is 4.88. The van der Waals surface area contributed by atoms with E-state index in [1.807, 2.05) is 30.0 Å². The van der Waals surface area contributed by atoms with E-state index in [2.05, 4.69) is 5.32 Å². The molecule has 1 N–H and O–H groups in total. The number of urea groups is 1. The molecule has 0 bridgehead atoms. The Bertz CT molecular complexity index is 1020. The fourth-order valence-electron chi connectivity index (χ4n) is 3.67. The van der Waals surface area contributed by atoms with Crippen molar-refractivity contribution in [3.8, 4) is 0 Å². The molecule has 4 rings (SSSR count). The van der Waals surface area contributed by atoms with E-state index in [9.17, 15) is 18.8 Å². The number of anilines is 1. The van der Waals surface area contributed by atoms with Gasteiger partial charge in [0, 0.05) is 17.9 Å². The smallest absolute Gasteiger partial charge is 0.331 e. The van der Waals surface area contributed by atoms with Gasteiger partial charge in [-0.25, -0.2) is 9.18 Å². The first-order chi connectivity index (χ1) is 13.9. The number of amides is 4. The van der Waals surface area contributed by atoms with Crippen molar-refractivity contribution in [2.24, 2.45) is 0 Å². The molecule has 0 saturated carbocycles. The number of rotatable bonds is 3. The van der Waals surface area contributed by atoms with Crippen LogP contribution in [0, 0.1) is 5.82 Å². The zero-order valence-electron chi connectivity index (χ0n) is 15.9. The summed E-state index contributed by atoms with van der Waals surface area (Å²) in [5.41, 5.74) is 2.23. The molecule has 1 atom stereocenters. The lowest BCUT2D eigenvalue weighted by Crippen LogP contribution is -2.54. The maximum atomic E-state index is 13.6. The molecule has 4 amide bonds. The number of halogens is 1. The molecule has 2 aliphatic rings. The van der Waals surface area contributed by atoms with Gasteiger partial charge in [-0.2, -0.15) is 0 Å². The number of barbiturate groups is 1. The number of carbonyl (C=O) groups is 3. The third kappa shape index (κ3) is 3.63. The molecule has 1 fully saturated rings. The summed E-state index contributed by atoms with van der Waals surface area (Å²) < 4.78 is 13.6. The monoisotopic (exact) mass is 393 g/mol. The topological polar surface area (TPSA) is 69.7 Å². The SMILES string of the molecule is C[C@@H]1CCc2cc(F)ccc2N1/C=C1/C(=O)NC(=O)N(Cc2ccccc2)C1=O. The van der Waals surface area contributed by atoms with E-state index in [0.29, 0.717) is 6.42 Å². The summed E-state index contributed by atoms with van der Waals surface area (Å²) in [7, 11) is 0. The molecule has 0 aliphatic carbocycles. The molecule has 6 nitrogen and oxygen atoms in total. The third-order valence-corrected chi connectivity index (χ3v) is 5.26. The molecule has 29 heavy (non-hydrogen) atoms. The van der Waals surface area contributed by atoms with Crippen LogP contribution in [0.2, 0.25) is 0 Å². The second-order valence-corrected chi connectivity index (χ2v) is 7.25. The van der Waals surface area contributed by atoms with Crippen LogP contribution in [-0.2, 0) is 22.6 Å². The molecule has 2 heterocycles. The summed E-state index contributed by atoms with van der Waals surface area (Å²) in [6.07, 6.45) is 2.94. The fourth-order valence-corrected chi connectivity index (χ4v) is 3.67. The van der Waals surface area contributed by atoms with Gasteiger partial charge in [0.1, 0.15) is 11.4 Å². The molecular formula is C22H20FN3O3. The van der Waals surface area contributed by atoms with Crippen LogP contribution in [0.1, 0.15) is 24.5 Å². The fraction of sp³-hybridized carbons (Fsp3) is 0.227. The first-order valence-corrected chi connectivity index (χ1v) is 9.43. The Hall–Kier alpha value is -3.48. The Labute approximate surface area is 167 Å². The molecule has 2 aromatic rings. The summed E-state index contributed by atoms with van der Waals surface area (Å²) in [5.74, 6) is -1.70. The summed E-state index contributed by atoms with van der Waals surface area (Å²) >= 11 is 0. The lowest BCUT2D eigenvalue weighted by Gasteiger charge is -2.36. The highest BCUT2D eigenvalue weighted by atomic mass is 19.1. The summed E-state index contributed by atoms with van der Waals surface area (Å²) in [6.45, 7) is 2.04. The number of nitrogens with one attached hydrogen (secondary N) is 1. The zero-order valence-corrected chi connectivity index (χ0v) is 15.9. The molecule has 0 spiro atoms. The van der Waals surface area contributed by atoms with Crippen molar-refractivity contribution in [2.75, 3.05) is 4.90 Å². The van der Waals surface area contributed by atoms with Crippen LogP contribution in [0.3, 0.4) is 0 Å². The summed E-state index contributed by atoms with van der Waals surface area (Å²) in [5, 5.41) is 2.24. The van der Waals surface area contributed by atoms with Crippen LogP contribution in [0.25, 0.3) is 0 Å². The standard InChI is InChI=1S/C22H20FN3O3/c1-14-7-8-16-11-17(23)9-10-19(16)25(14)13-18-20(27)24-22(29)26(21(18)28)12-15-5-3-2-4-6-15/h2-6,9-11,13-14H,7-8,12H2,1H3,(H,24,27,29)/b18-13-/t14-/m1/s1. The normalized spacial score (nSPS) is 20.7. The zero-order chi connectivity index (χ0) is 20.5. The van der Waals surface area contributed by atoms with Crippen molar-refractivity contribution in [1.29, 1.82) is 0 Å². The number of imide groups is 2. The van der Waals surface area contributed by atoms with Crippen molar-refractivity contribution in [1.82, 2.24) is 10.2 Å². The average Bonchev–Trinajstić information content (AvgIpc) is 2.70. The number of nitrogens with zero attached hydrogens (tertiary/aromatic N) is 2. The predicted octanol–water partition coefficient (Wildman–Crippen LogP) is 3.13. The second kappa shape index (κ2) is 7.50. The van der Waals surface area contributed by atoms with Gasteiger partial charge in [-0.15, -0.1) is 0 Å². The van der Waals surface area contributed by atoms with Crippen molar-refractivity contribution < 1.29 is 18.8 Å². The number of fused-ring (bicyclic) bond motifs is 1. The van der Waals surface area contributed by atoms with Gasteiger partial charge in [-0.1, -0.05) is 30.3 Å². The van der Waals surface area contributed by atoms with Crippen molar-refractivity contribution in [3.05, 3.63) is 77.2 Å². The first-order valence-electron chi connectivity index (χ1n) is 9.43. The number of benzene rings is 2. The highest BCUT2D eigenvalue weighted by Crippen LogP contribution is 2.32. The minimum atomic E-state index is -0.741. The summed E-state index contributed by atoms with van der Waals surface area (Å²) in [6, 6.07) is 12.8. The lowest BCUT2D eigenvalue weighted by atomic mass is 9.96. The Morgan fingerprint density at radius 2 is 1.90 bits per heavy atom. The quantitative estimate of drug-likeness (QED) is 0.643. The van der Waals surface area contributed by atoms with E-state index < -0.39 is 17.8 Å². The molecule has 0 unspecified atom stereocenters. The molecule has 0 aromatic heterocycles. The minimum absolute atomic E-state index is 0.0151. The van der Waals surface area contributed by atoms with E-state index in [1.165, 1.54) is 18.3 Å². The van der Waals surface area contributed by atoms with Crippen LogP contribution in [0.4, 0.5) is 14.9 Å². The van der Waals surface area contributed by atoms with Crippen LogP contribution in [0.5, 0.6) is 0 Å². The van der Waals surface area contributed by atoms with Crippen LogP contribution >= 0.6 is 0 Å². The largest absolute Gasteiger partial charge is 0.344 e. The first kappa shape index (κ1) is 18.9. The van der Waals surface area contributed by atoms with Gasteiger partial charge in [0.15, 0.2) is 0 Å². The van der Waals surface area contributed by atoms with Crippen molar-refractivity contribution in [2.45, 2.75) is 32.4 Å². The van der Waals surface area contributed by atoms with Gasteiger partial charge in [0.25, 0.3) is 11.8 Å². The highest BCUT2D eigenvalue weighted by Gasteiger charge is 2.37. The lowest BCUT2D eigenvalue weighted by molar-refractivity contribution is -0.130. The number of carbonyl (C=O) groups excluding carboxylic acids is 3. The van der Waals surface area contributed by atoms with Crippen molar-refractivity contribution >= 4 is 23.5 Å². The van der Waals surface area contributed by atoms with Crippen LogP contribution in [-0.4, -0.2) is 28.8 Å². The molecule has 148 valence electrons. The van der Waals surface area contributed by atoms with E-state index >= 15 is 0 Å². The molecule has 2 aliphatic heterocycles. The van der Waals surface area contributed by atoms with Gasteiger partial charge >= 0.3 is 6.03 Å². The molecular weight excluding hydrogens is 373 g/mol. The Morgan fingerprint density at radius 3 is 2.66 bits per heavy atom. The highest BCUT2D eigenvalue weighted by molar-refractivity contribution is 6.28. The minimum Gasteiger partial charge on any atom is -0.344 e. The van der Waals surface area contributed by atoms with Gasteiger partial charge in [-0.05, 0) is 49.1 Å². The van der Waals surface area contributed by atoms with E-state index in [4.69, 9.17) is 0 Å². The van der Waals surface area contributed by atoms with Crippen molar-refractivity contribution in [3.63, 3.8) is 0 Å². The summed E-state index contributed by atoms with van der Waals surface area (Å²) in [4.78, 5) is 40.5. The number of aryl methyl sites for hydroxylation is 1. The van der Waals surface area contributed by atoms with Gasteiger partial charge < -0.3 is 4.90 Å². The maximum Gasteiger partial charge on any atom is 0.331 e. The van der Waals surface area contributed by atoms with Gasteiger partial charge in [0.2, 0.25) is 0 Å². The average molecular weight is 393 g/mol. The van der Waals surface area contributed by atoms with Crippen LogP contribution < -0.4 is 10.2 Å². The second-order valence-electron chi connectivity index (χ2n) is 7.25. The molecule has 2 aromatic carbocycles. The Balaban J connectivity index is 1.68. The number of hydrogen-bond acceptors (Lipinski definition) is 4. The molecule has 1 saturated heterocycles. The predicted molar refractivity (Wildman–Crippen MR) is 105 cm³/mol.